The van der Waals surface area contributed by atoms with Gasteiger partial charge in [0.05, 0.1) is 0 Å². The Morgan fingerprint density at radius 2 is 0.523 bits per heavy atom. The summed E-state index contributed by atoms with van der Waals surface area (Å²) in [5, 5.41) is 0. The van der Waals surface area contributed by atoms with Gasteiger partial charge in [-0.3, -0.25) is 0 Å². The van der Waals surface area contributed by atoms with Crippen LogP contribution in [0.2, 0.25) is 0 Å². The van der Waals surface area contributed by atoms with Gasteiger partial charge in [-0.15, -0.1) is 0 Å². The van der Waals surface area contributed by atoms with Crippen LogP contribution in [-0.2, 0) is 65.4 Å². The SMILES string of the molecule is C.C.C.C.Cc1c[c-]c(C)c(C)c1.Cc1c[c-]c(C)c(C)c1.Cc1cc(C)c(C)c(C)c1.Cc1cc(C)c(C)c(C)c1.[Y].[Y]. The molecule has 0 saturated carbocycles. The molecular formula is C42H66Y2-2. The van der Waals surface area contributed by atoms with Crippen molar-refractivity contribution in [3.05, 3.63) is 139 Å². The fraction of sp³-hybridized carbons (Fsp3) is 0.429. The molecule has 242 valence electrons. The Balaban J connectivity index is -0.000000105. The van der Waals surface area contributed by atoms with E-state index in [0.717, 1.165) is 0 Å². The molecule has 0 spiro atoms. The number of aryl methyl sites for hydroxylation is 12. The van der Waals surface area contributed by atoms with Gasteiger partial charge in [-0.25, -0.2) is 0 Å². The normalized spacial score (nSPS) is 8.50. The second kappa shape index (κ2) is 27.2. The topological polar surface area (TPSA) is 0 Å². The second-order valence-electron chi connectivity index (χ2n) is 11.0. The van der Waals surface area contributed by atoms with Gasteiger partial charge in [-0.05, 0) is 88.8 Å². The molecule has 0 fully saturated rings. The molecule has 0 heterocycles. The fourth-order valence-electron chi connectivity index (χ4n) is 4.16. The Labute approximate surface area is 327 Å². The summed E-state index contributed by atoms with van der Waals surface area (Å²) in [6, 6.07) is 23.6. The predicted molar refractivity (Wildman–Crippen MR) is 197 cm³/mol. The summed E-state index contributed by atoms with van der Waals surface area (Å²) in [6.45, 7) is 29.8. The van der Waals surface area contributed by atoms with E-state index in [1.165, 1.54) is 77.9 Å². The molecule has 0 aromatic heterocycles. The van der Waals surface area contributed by atoms with Crippen LogP contribution in [0.5, 0.6) is 0 Å². The van der Waals surface area contributed by atoms with Crippen LogP contribution in [0.15, 0.2) is 48.5 Å². The molecule has 0 aliphatic carbocycles. The van der Waals surface area contributed by atoms with Gasteiger partial charge in [-0.1, -0.05) is 107 Å². The minimum atomic E-state index is 0. The summed E-state index contributed by atoms with van der Waals surface area (Å²) in [4.78, 5) is 0. The molecule has 0 amide bonds. The predicted octanol–water partition coefficient (Wildman–Crippen LogP) is 13.2. The maximum atomic E-state index is 3.17. The Bertz CT molecular complexity index is 1200. The van der Waals surface area contributed by atoms with Crippen molar-refractivity contribution in [3.63, 3.8) is 0 Å². The molecule has 0 aliphatic rings. The van der Waals surface area contributed by atoms with E-state index in [1.54, 1.807) is 0 Å². The van der Waals surface area contributed by atoms with Crippen molar-refractivity contribution >= 4 is 0 Å². The minimum Gasteiger partial charge on any atom is -0.180 e. The van der Waals surface area contributed by atoms with Crippen molar-refractivity contribution in [2.45, 2.75) is 127 Å². The van der Waals surface area contributed by atoms with Gasteiger partial charge >= 0.3 is 0 Å². The summed E-state index contributed by atoms with van der Waals surface area (Å²) in [7, 11) is 0. The molecule has 0 atom stereocenters. The summed E-state index contributed by atoms with van der Waals surface area (Å²) in [6.07, 6.45) is 0. The molecule has 4 aromatic carbocycles. The third-order valence-electron chi connectivity index (χ3n) is 7.25. The first-order valence-corrected chi connectivity index (χ1v) is 13.6. The Morgan fingerprint density at radius 3 is 0.705 bits per heavy atom. The molecule has 0 bridgehead atoms. The van der Waals surface area contributed by atoms with Crippen LogP contribution in [0.1, 0.15) is 108 Å². The molecule has 0 aliphatic heterocycles. The van der Waals surface area contributed by atoms with Crippen molar-refractivity contribution < 1.29 is 65.4 Å². The molecule has 2 heteroatoms. The largest absolute Gasteiger partial charge is 0.180 e. The van der Waals surface area contributed by atoms with Gasteiger partial charge in [0.25, 0.3) is 0 Å². The van der Waals surface area contributed by atoms with E-state index in [0.29, 0.717) is 0 Å². The summed E-state index contributed by atoms with van der Waals surface area (Å²) >= 11 is 0. The van der Waals surface area contributed by atoms with E-state index in [9.17, 15) is 0 Å². The molecule has 0 saturated heterocycles. The van der Waals surface area contributed by atoms with Crippen LogP contribution in [0.3, 0.4) is 0 Å². The van der Waals surface area contributed by atoms with Crippen molar-refractivity contribution in [2.75, 3.05) is 0 Å². The van der Waals surface area contributed by atoms with Gasteiger partial charge in [0, 0.05) is 65.4 Å². The van der Waals surface area contributed by atoms with Crippen LogP contribution in [0, 0.1) is 109 Å². The summed E-state index contributed by atoms with van der Waals surface area (Å²) in [5.74, 6) is 0. The Morgan fingerprint density at radius 1 is 0.318 bits per heavy atom. The second-order valence-corrected chi connectivity index (χ2v) is 11.0. The number of hydrogen-bond acceptors (Lipinski definition) is 0. The fourth-order valence-corrected chi connectivity index (χ4v) is 4.16. The molecule has 0 N–H and O–H groups in total. The van der Waals surface area contributed by atoms with E-state index in [-0.39, 0.29) is 95.1 Å². The summed E-state index contributed by atoms with van der Waals surface area (Å²) < 4.78 is 0. The van der Waals surface area contributed by atoms with E-state index in [2.05, 4.69) is 145 Å². The van der Waals surface area contributed by atoms with E-state index in [4.69, 9.17) is 0 Å². The average Bonchev–Trinajstić information content (AvgIpc) is 2.82. The smallest absolute Gasteiger partial charge is 0 e. The van der Waals surface area contributed by atoms with Crippen LogP contribution in [-0.4, -0.2) is 0 Å². The zero-order valence-corrected chi connectivity index (χ0v) is 33.5. The quantitative estimate of drug-likeness (QED) is 0.157. The zero-order valence-electron chi connectivity index (χ0n) is 27.8. The molecule has 4 aromatic rings. The van der Waals surface area contributed by atoms with Crippen molar-refractivity contribution in [1.82, 2.24) is 0 Å². The van der Waals surface area contributed by atoms with E-state index < -0.39 is 0 Å². The number of rotatable bonds is 0. The van der Waals surface area contributed by atoms with Crippen LogP contribution in [0.4, 0.5) is 0 Å². The monoisotopic (exact) mass is 748 g/mol. The Hall–Kier alpha value is -0.912. The maximum absolute atomic E-state index is 3.17. The molecule has 0 unspecified atom stereocenters. The minimum absolute atomic E-state index is 0. The van der Waals surface area contributed by atoms with Gasteiger partial charge in [0.1, 0.15) is 0 Å². The van der Waals surface area contributed by atoms with Crippen molar-refractivity contribution in [2.24, 2.45) is 0 Å². The molecule has 4 rings (SSSR count). The third-order valence-corrected chi connectivity index (χ3v) is 7.25. The first-order chi connectivity index (χ1) is 17.6. The van der Waals surface area contributed by atoms with Gasteiger partial charge in [-0.2, -0.15) is 69.8 Å². The molecule has 0 nitrogen and oxygen atoms in total. The van der Waals surface area contributed by atoms with Crippen molar-refractivity contribution in [3.8, 4) is 0 Å². The van der Waals surface area contributed by atoms with Crippen LogP contribution in [0.25, 0.3) is 0 Å². The first-order valence-electron chi connectivity index (χ1n) is 13.6. The van der Waals surface area contributed by atoms with Crippen LogP contribution >= 0.6 is 0 Å². The third kappa shape index (κ3) is 20.3. The summed E-state index contributed by atoms with van der Waals surface area (Å²) in [5.41, 5.74) is 18.9. The van der Waals surface area contributed by atoms with E-state index in [1.807, 2.05) is 12.1 Å². The first kappa shape index (κ1) is 55.5. The van der Waals surface area contributed by atoms with Gasteiger partial charge in [0.2, 0.25) is 0 Å². The van der Waals surface area contributed by atoms with E-state index >= 15 is 0 Å². The van der Waals surface area contributed by atoms with Crippen molar-refractivity contribution in [1.29, 1.82) is 0 Å². The molecule has 2 radical (unpaired) electrons. The van der Waals surface area contributed by atoms with Crippen LogP contribution < -0.4 is 0 Å². The van der Waals surface area contributed by atoms with Gasteiger partial charge in [0.15, 0.2) is 0 Å². The Kier molecular flexibility index (Phi) is 34.3. The average molecular weight is 749 g/mol. The standard InChI is InChI=1S/2C10H14.2C9H11.4CH4.2Y/c2*1-7-5-8(2)10(4)9(3)6-7;2*1-7-4-5-8(2)9(3)6-7;;;;;;/h2*5-6H,1-4H3;2*4,6H,1-3H3;4*1H4;;/q;;2*-1;;;;;;. The maximum Gasteiger partial charge on any atom is 0 e. The molecular weight excluding hydrogens is 682 g/mol. The number of benzene rings is 4. The van der Waals surface area contributed by atoms with Gasteiger partial charge < -0.3 is 0 Å². The zero-order chi connectivity index (χ0) is 29.2. The molecule has 44 heavy (non-hydrogen) atoms. The number of hydrogen-bond donors (Lipinski definition) is 0.